The monoisotopic (exact) mass is 526 g/mol. The summed E-state index contributed by atoms with van der Waals surface area (Å²) in [6.45, 7) is 2.69. The topological polar surface area (TPSA) is 102 Å². The third kappa shape index (κ3) is 6.90. The van der Waals surface area contributed by atoms with Crippen LogP contribution < -0.4 is 9.62 Å². The van der Waals surface area contributed by atoms with Gasteiger partial charge in [0.1, 0.15) is 12.0 Å². The summed E-state index contributed by atoms with van der Waals surface area (Å²) < 4.78 is 6.45. The van der Waals surface area contributed by atoms with Crippen LogP contribution in [0.3, 0.4) is 0 Å². The number of carboxylic acid groups (broad SMARTS) is 1. The Kier molecular flexibility index (Phi) is 9.45. The number of ether oxygens (including phenoxy) is 1. The van der Waals surface area contributed by atoms with Crippen molar-refractivity contribution in [1.29, 1.82) is 0 Å². The fraction of sp³-hybridized carbons (Fsp3) is 0.188. The van der Waals surface area contributed by atoms with Crippen molar-refractivity contribution in [3.8, 4) is 44.9 Å². The van der Waals surface area contributed by atoms with E-state index in [1.807, 2.05) is 36.4 Å². The summed E-state index contributed by atoms with van der Waals surface area (Å²) in [6.07, 6.45) is 5.02. The molecule has 2 N–H and O–H groups in total. The van der Waals surface area contributed by atoms with Gasteiger partial charge in [-0.3, -0.25) is 4.79 Å². The molecular formula is C32H30O7. The zero-order chi connectivity index (χ0) is 27.6. The second-order valence-corrected chi connectivity index (χ2v) is 9.11. The van der Waals surface area contributed by atoms with Crippen molar-refractivity contribution in [1.82, 2.24) is 0 Å². The molecular weight excluding hydrogens is 496 g/mol. The molecule has 7 nitrogen and oxygen atoms in total. The van der Waals surface area contributed by atoms with E-state index < -0.39 is 5.97 Å². The molecule has 4 rings (SSSR count). The van der Waals surface area contributed by atoms with Crippen molar-refractivity contribution >= 4 is 12.3 Å². The maximum atomic E-state index is 11.5. The molecule has 0 aliphatic carbocycles. The van der Waals surface area contributed by atoms with E-state index in [1.165, 1.54) is 0 Å². The molecule has 200 valence electrons. The van der Waals surface area contributed by atoms with Crippen LogP contribution in [0.2, 0.25) is 0 Å². The van der Waals surface area contributed by atoms with Gasteiger partial charge in [0.15, 0.2) is 5.75 Å². The number of carbonyl (C=O) groups is 2. The molecule has 0 amide bonds. The van der Waals surface area contributed by atoms with E-state index >= 15 is 0 Å². The van der Waals surface area contributed by atoms with Crippen molar-refractivity contribution in [3.63, 3.8) is 0 Å². The van der Waals surface area contributed by atoms with Gasteiger partial charge in [-0.1, -0.05) is 74.7 Å². The van der Waals surface area contributed by atoms with Crippen LogP contribution in [-0.2, 0) is 5.04 Å². The summed E-state index contributed by atoms with van der Waals surface area (Å²) >= 11 is 0. The van der Waals surface area contributed by atoms with E-state index in [4.69, 9.17) is 14.9 Å². The molecule has 0 radical (unpaired) electrons. The van der Waals surface area contributed by atoms with Crippen LogP contribution in [-0.4, -0.2) is 29.2 Å². The van der Waals surface area contributed by atoms with E-state index in [0.29, 0.717) is 23.7 Å². The number of rotatable bonds is 13. The lowest BCUT2D eigenvalue weighted by molar-refractivity contribution is -0.438. The maximum absolute atomic E-state index is 11.5. The normalized spacial score (nSPS) is 10.7. The molecule has 0 aliphatic rings. The Morgan fingerprint density at radius 3 is 1.90 bits per heavy atom. The molecule has 0 saturated carbocycles. The van der Waals surface area contributed by atoms with E-state index in [9.17, 15) is 14.7 Å². The van der Waals surface area contributed by atoms with Crippen molar-refractivity contribution in [2.24, 2.45) is 0 Å². The minimum atomic E-state index is -0.993. The number of benzene rings is 4. The van der Waals surface area contributed by atoms with Crippen molar-refractivity contribution in [2.75, 3.05) is 6.61 Å². The Bertz CT molecular complexity index is 1390. The molecule has 0 fully saturated rings. The van der Waals surface area contributed by atoms with E-state index in [0.717, 1.165) is 65.4 Å². The number of hydrogen-bond acceptors (Lipinski definition) is 6. The lowest BCUT2D eigenvalue weighted by atomic mass is 9.91. The highest BCUT2D eigenvalue weighted by Crippen LogP contribution is 2.43. The third-order valence-electron chi connectivity index (χ3n) is 6.45. The van der Waals surface area contributed by atoms with Crippen LogP contribution in [0.4, 0.5) is 0 Å². The molecule has 0 atom stereocenters. The maximum Gasteiger partial charge on any atom is 0.335 e. The summed E-state index contributed by atoms with van der Waals surface area (Å²) in [4.78, 5) is 27.4. The molecule has 7 heteroatoms. The highest BCUT2D eigenvalue weighted by atomic mass is 17.5. The SMILES string of the molecule is CCCCCCOc1c(-c2ccc(OOO)cc2)cc(-c2ccc(C=O)cc2)cc1-c1ccc(C(=O)O)cc1. The van der Waals surface area contributed by atoms with Gasteiger partial charge in [-0.05, 0) is 70.1 Å². The van der Waals surface area contributed by atoms with E-state index in [2.05, 4.69) is 12.0 Å². The summed E-state index contributed by atoms with van der Waals surface area (Å²) in [6, 6.07) is 25.1. The van der Waals surface area contributed by atoms with E-state index in [1.54, 1.807) is 48.5 Å². The smallest absolute Gasteiger partial charge is 0.335 e. The third-order valence-corrected chi connectivity index (χ3v) is 6.45. The van der Waals surface area contributed by atoms with Crippen LogP contribution in [0.5, 0.6) is 11.5 Å². The Balaban J connectivity index is 1.88. The van der Waals surface area contributed by atoms with Gasteiger partial charge in [0.05, 0.1) is 12.2 Å². The minimum absolute atomic E-state index is 0.198. The fourth-order valence-electron chi connectivity index (χ4n) is 4.36. The second-order valence-electron chi connectivity index (χ2n) is 9.11. The number of carboxylic acids is 1. The lowest BCUT2D eigenvalue weighted by Gasteiger charge is -2.19. The zero-order valence-corrected chi connectivity index (χ0v) is 21.6. The highest BCUT2D eigenvalue weighted by molar-refractivity contribution is 5.91. The van der Waals surface area contributed by atoms with Crippen molar-refractivity contribution < 1.29 is 34.6 Å². The first-order valence-corrected chi connectivity index (χ1v) is 12.8. The van der Waals surface area contributed by atoms with Crippen LogP contribution in [0.15, 0.2) is 84.9 Å². The minimum Gasteiger partial charge on any atom is -0.492 e. The first-order valence-electron chi connectivity index (χ1n) is 12.8. The molecule has 0 unspecified atom stereocenters. The first-order chi connectivity index (χ1) is 19.0. The van der Waals surface area contributed by atoms with Gasteiger partial charge in [0, 0.05) is 16.7 Å². The Morgan fingerprint density at radius 1 is 0.769 bits per heavy atom. The van der Waals surface area contributed by atoms with Gasteiger partial charge in [0.25, 0.3) is 0 Å². The molecule has 0 heterocycles. The van der Waals surface area contributed by atoms with Crippen LogP contribution in [0.25, 0.3) is 33.4 Å². The number of hydrogen-bond donors (Lipinski definition) is 2. The van der Waals surface area contributed by atoms with Gasteiger partial charge in [-0.15, -0.1) is 0 Å². The van der Waals surface area contributed by atoms with Gasteiger partial charge in [-0.2, -0.15) is 0 Å². The Morgan fingerprint density at radius 2 is 1.36 bits per heavy atom. The number of aromatic carboxylic acids is 1. The van der Waals surface area contributed by atoms with Crippen LogP contribution in [0.1, 0.15) is 53.3 Å². The predicted octanol–water partition coefficient (Wildman–Crippen LogP) is 7.94. The zero-order valence-electron chi connectivity index (χ0n) is 21.6. The molecule has 0 saturated heterocycles. The molecule has 0 aromatic heterocycles. The van der Waals surface area contributed by atoms with E-state index in [-0.39, 0.29) is 5.56 Å². The highest BCUT2D eigenvalue weighted by Gasteiger charge is 2.18. The number of aldehydes is 1. The summed E-state index contributed by atoms with van der Waals surface area (Å²) in [5.41, 5.74) is 5.89. The van der Waals surface area contributed by atoms with Gasteiger partial charge < -0.3 is 14.7 Å². The van der Waals surface area contributed by atoms with Crippen molar-refractivity contribution in [2.45, 2.75) is 32.6 Å². The van der Waals surface area contributed by atoms with Crippen LogP contribution >= 0.6 is 0 Å². The second kappa shape index (κ2) is 13.4. The average molecular weight is 527 g/mol. The summed E-state index contributed by atoms with van der Waals surface area (Å²) in [5, 5.41) is 21.8. The Hall–Kier alpha value is -4.46. The molecule has 4 aromatic carbocycles. The van der Waals surface area contributed by atoms with Gasteiger partial charge in [0.2, 0.25) is 0 Å². The lowest BCUT2D eigenvalue weighted by Crippen LogP contribution is -2.02. The number of unbranched alkanes of at least 4 members (excludes halogenated alkanes) is 3. The summed E-state index contributed by atoms with van der Waals surface area (Å²) in [7, 11) is 0. The molecule has 39 heavy (non-hydrogen) atoms. The van der Waals surface area contributed by atoms with Gasteiger partial charge in [-0.25, -0.2) is 10.1 Å². The molecule has 4 aromatic rings. The summed E-state index contributed by atoms with van der Waals surface area (Å²) in [5.74, 6) is 0.0103. The molecule has 0 spiro atoms. The van der Waals surface area contributed by atoms with Crippen molar-refractivity contribution in [3.05, 3.63) is 96.1 Å². The fourth-order valence-corrected chi connectivity index (χ4v) is 4.36. The predicted molar refractivity (Wildman–Crippen MR) is 149 cm³/mol. The largest absolute Gasteiger partial charge is 0.492 e. The quantitative estimate of drug-likeness (QED) is 0.0789. The Labute approximate surface area is 227 Å². The molecule has 0 bridgehead atoms. The molecule has 0 aliphatic heterocycles. The standard InChI is InChI=1S/C32H30O7/c1-2-3-4-5-18-37-31-29(24-10-12-26(13-11-24)32(34)35)19-27(23-8-6-22(21-33)7-9-23)20-30(31)25-14-16-28(17-15-25)38-39-36/h6-17,19-21,36H,2-5,18H2,1H3,(H,34,35). The number of carbonyl (C=O) groups excluding carboxylic acids is 1. The van der Waals surface area contributed by atoms with Crippen LogP contribution in [0, 0.1) is 0 Å². The first kappa shape index (κ1) is 27.6. The van der Waals surface area contributed by atoms with Gasteiger partial charge >= 0.3 is 5.97 Å². The average Bonchev–Trinajstić information content (AvgIpc) is 2.97.